The minimum absolute atomic E-state index is 0.0381. The number of amides is 1. The van der Waals surface area contributed by atoms with E-state index in [9.17, 15) is 14.7 Å². The average molecular weight is 343 g/mol. The number of carboxylic acids is 1. The molecule has 25 heavy (non-hydrogen) atoms. The van der Waals surface area contributed by atoms with Crippen LogP contribution in [0, 0.1) is 24.2 Å². The monoisotopic (exact) mass is 343 g/mol. The highest BCUT2D eigenvalue weighted by Gasteiger charge is 2.65. The Balaban J connectivity index is 1.29. The molecule has 0 aromatic carbocycles. The lowest BCUT2D eigenvalue weighted by atomic mass is 9.94. The summed E-state index contributed by atoms with van der Waals surface area (Å²) in [5, 5.41) is 12.5. The lowest BCUT2D eigenvalue weighted by Gasteiger charge is -2.34. The highest BCUT2D eigenvalue weighted by molar-refractivity contribution is 5.81. The number of hydrogen-bond acceptors (Lipinski definition) is 4. The zero-order valence-electron chi connectivity index (χ0n) is 14.6. The number of nitrogens with one attached hydrogen (secondary N) is 1. The van der Waals surface area contributed by atoms with E-state index in [2.05, 4.69) is 22.1 Å². The number of piperidine rings is 1. The molecule has 2 aliphatic carbocycles. The molecule has 1 aromatic heterocycles. The van der Waals surface area contributed by atoms with Gasteiger partial charge in [-0.05, 0) is 56.6 Å². The third-order valence-electron chi connectivity index (χ3n) is 6.38. The molecule has 1 amide bonds. The number of nitrogens with zero attached hydrogens (tertiary/aromatic N) is 2. The number of anilines is 1. The van der Waals surface area contributed by atoms with Gasteiger partial charge in [0.15, 0.2) is 0 Å². The van der Waals surface area contributed by atoms with E-state index >= 15 is 0 Å². The number of aryl methyl sites for hydroxylation is 1. The highest BCUT2D eigenvalue weighted by Crippen LogP contribution is 2.63. The van der Waals surface area contributed by atoms with Gasteiger partial charge in [0.25, 0.3) is 0 Å². The van der Waals surface area contributed by atoms with Crippen molar-refractivity contribution in [1.82, 2.24) is 10.3 Å². The van der Waals surface area contributed by atoms with Crippen LogP contribution in [0.5, 0.6) is 0 Å². The maximum Gasteiger partial charge on any atom is 0.310 e. The largest absolute Gasteiger partial charge is 0.481 e. The Morgan fingerprint density at radius 1 is 1.32 bits per heavy atom. The van der Waals surface area contributed by atoms with Crippen molar-refractivity contribution < 1.29 is 14.7 Å². The van der Waals surface area contributed by atoms with Gasteiger partial charge in [0.1, 0.15) is 0 Å². The molecule has 0 spiro atoms. The van der Waals surface area contributed by atoms with Gasteiger partial charge in [-0.25, -0.2) is 0 Å². The molecule has 2 N–H and O–H groups in total. The molecule has 2 saturated carbocycles. The molecule has 6 heteroatoms. The Hall–Kier alpha value is -2.11. The minimum atomic E-state index is -0.685. The van der Waals surface area contributed by atoms with E-state index in [-0.39, 0.29) is 23.8 Å². The van der Waals surface area contributed by atoms with E-state index < -0.39 is 11.4 Å². The van der Waals surface area contributed by atoms with Crippen LogP contribution >= 0.6 is 0 Å². The van der Waals surface area contributed by atoms with Crippen LogP contribution in [0.1, 0.15) is 37.7 Å². The number of aliphatic carboxylic acids is 1. The van der Waals surface area contributed by atoms with Gasteiger partial charge in [-0.15, -0.1) is 0 Å². The van der Waals surface area contributed by atoms with Crippen molar-refractivity contribution in [2.24, 2.45) is 17.3 Å². The van der Waals surface area contributed by atoms with Gasteiger partial charge in [-0.3, -0.25) is 14.6 Å². The lowest BCUT2D eigenvalue weighted by Crippen LogP contribution is -2.44. The predicted octanol–water partition coefficient (Wildman–Crippen LogP) is 1.98. The van der Waals surface area contributed by atoms with Crippen LogP contribution in [0.2, 0.25) is 0 Å². The molecule has 1 aromatic rings. The van der Waals surface area contributed by atoms with Crippen molar-refractivity contribution in [2.75, 3.05) is 18.0 Å². The van der Waals surface area contributed by atoms with Crippen molar-refractivity contribution >= 4 is 17.6 Å². The Morgan fingerprint density at radius 3 is 2.72 bits per heavy atom. The molecule has 1 saturated heterocycles. The molecule has 4 rings (SSSR count). The van der Waals surface area contributed by atoms with Gasteiger partial charge in [-0.2, -0.15) is 0 Å². The third kappa shape index (κ3) is 2.87. The fourth-order valence-corrected chi connectivity index (χ4v) is 4.79. The smallest absolute Gasteiger partial charge is 0.310 e. The summed E-state index contributed by atoms with van der Waals surface area (Å²) in [6.07, 6.45) is 7.59. The molecule has 0 bridgehead atoms. The van der Waals surface area contributed by atoms with Gasteiger partial charge >= 0.3 is 5.97 Å². The van der Waals surface area contributed by atoms with Crippen molar-refractivity contribution in [2.45, 2.75) is 45.1 Å². The van der Waals surface area contributed by atoms with E-state index in [1.165, 1.54) is 5.69 Å². The number of carboxylic acid groups (broad SMARTS) is 1. The fraction of sp³-hybridized carbons (Fsp3) is 0.632. The van der Waals surface area contributed by atoms with Crippen LogP contribution in [-0.4, -0.2) is 41.1 Å². The van der Waals surface area contributed by atoms with Crippen LogP contribution in [0.25, 0.3) is 0 Å². The summed E-state index contributed by atoms with van der Waals surface area (Å²) in [5.74, 6) is -0.267. The van der Waals surface area contributed by atoms with Gasteiger partial charge in [0.05, 0.1) is 5.41 Å². The van der Waals surface area contributed by atoms with E-state index in [0.29, 0.717) is 6.42 Å². The zero-order chi connectivity index (χ0) is 17.6. The number of pyridine rings is 1. The zero-order valence-corrected chi connectivity index (χ0v) is 14.6. The molecule has 0 radical (unpaired) electrons. The van der Waals surface area contributed by atoms with E-state index in [0.717, 1.165) is 44.3 Å². The second kappa shape index (κ2) is 6.00. The normalized spacial score (nSPS) is 31.5. The van der Waals surface area contributed by atoms with E-state index in [1.54, 1.807) is 0 Å². The van der Waals surface area contributed by atoms with Crippen LogP contribution < -0.4 is 10.2 Å². The van der Waals surface area contributed by atoms with E-state index in [1.807, 2.05) is 18.5 Å². The number of aromatic nitrogens is 1. The molecule has 1 aliphatic heterocycles. The molecule has 134 valence electrons. The number of rotatable bonds is 4. The molecule has 3 fully saturated rings. The molecule has 3 atom stereocenters. The van der Waals surface area contributed by atoms with Crippen LogP contribution in [-0.2, 0) is 9.59 Å². The predicted molar refractivity (Wildman–Crippen MR) is 93.3 cm³/mol. The molecule has 2 heterocycles. The van der Waals surface area contributed by atoms with Crippen LogP contribution in [0.4, 0.5) is 5.69 Å². The Bertz CT molecular complexity index is 699. The molecule has 3 aliphatic rings. The number of carbonyl (C=O) groups is 2. The third-order valence-corrected chi connectivity index (χ3v) is 6.38. The van der Waals surface area contributed by atoms with Crippen LogP contribution in [0.3, 0.4) is 0 Å². The molecular formula is C19H25N3O3. The number of hydrogen-bond donors (Lipinski definition) is 2. The van der Waals surface area contributed by atoms with Crippen molar-refractivity contribution in [3.63, 3.8) is 0 Å². The molecular weight excluding hydrogens is 318 g/mol. The number of fused-ring (bicyclic) bond motifs is 1. The SMILES string of the molecule is Cc1cnccc1N1CCC(C(=O)N[C@@H]2C[C@H]3C[C@@]3(C(=O)O)C2)CC1. The average Bonchev–Trinajstić information content (AvgIpc) is 3.18. The van der Waals surface area contributed by atoms with Gasteiger partial charge < -0.3 is 15.3 Å². The van der Waals surface area contributed by atoms with Crippen LogP contribution in [0.15, 0.2) is 18.5 Å². The molecule has 0 unspecified atom stereocenters. The summed E-state index contributed by atoms with van der Waals surface area (Å²) in [6, 6.07) is 2.08. The maximum absolute atomic E-state index is 12.6. The Labute approximate surface area is 147 Å². The first-order valence-corrected chi connectivity index (χ1v) is 9.19. The first kappa shape index (κ1) is 16.4. The summed E-state index contributed by atoms with van der Waals surface area (Å²) in [5.41, 5.74) is 1.84. The summed E-state index contributed by atoms with van der Waals surface area (Å²) >= 11 is 0. The summed E-state index contributed by atoms with van der Waals surface area (Å²) < 4.78 is 0. The van der Waals surface area contributed by atoms with E-state index in [4.69, 9.17) is 0 Å². The van der Waals surface area contributed by atoms with Gasteiger partial charge in [-0.1, -0.05) is 0 Å². The Morgan fingerprint density at radius 2 is 2.08 bits per heavy atom. The molecule has 6 nitrogen and oxygen atoms in total. The second-order valence-electron chi connectivity index (χ2n) is 7.93. The first-order chi connectivity index (χ1) is 12.0. The first-order valence-electron chi connectivity index (χ1n) is 9.19. The summed E-state index contributed by atoms with van der Waals surface area (Å²) in [6.45, 7) is 3.80. The second-order valence-corrected chi connectivity index (χ2v) is 7.93. The van der Waals surface area contributed by atoms with Crippen molar-refractivity contribution in [1.29, 1.82) is 0 Å². The number of carbonyl (C=O) groups excluding carboxylic acids is 1. The quantitative estimate of drug-likeness (QED) is 0.873. The van der Waals surface area contributed by atoms with Crippen molar-refractivity contribution in [3.8, 4) is 0 Å². The Kier molecular flexibility index (Phi) is 3.93. The fourth-order valence-electron chi connectivity index (χ4n) is 4.79. The van der Waals surface area contributed by atoms with Gasteiger partial charge in [0, 0.05) is 43.1 Å². The summed E-state index contributed by atoms with van der Waals surface area (Å²) in [7, 11) is 0. The highest BCUT2D eigenvalue weighted by atomic mass is 16.4. The summed E-state index contributed by atoms with van der Waals surface area (Å²) in [4.78, 5) is 30.4. The lowest BCUT2D eigenvalue weighted by molar-refractivity contribution is -0.144. The van der Waals surface area contributed by atoms with Crippen molar-refractivity contribution in [3.05, 3.63) is 24.0 Å². The topological polar surface area (TPSA) is 82.5 Å². The van der Waals surface area contributed by atoms with Gasteiger partial charge in [0.2, 0.25) is 5.91 Å². The minimum Gasteiger partial charge on any atom is -0.481 e. The maximum atomic E-state index is 12.6. The standard InChI is InChI=1S/C19H25N3O3/c1-12-11-20-5-2-16(12)22-6-3-13(4-7-22)17(23)21-15-8-14-9-19(14,10-15)18(24)25/h2,5,11,13-15H,3-4,6-10H2,1H3,(H,21,23)(H,24,25)/t14-,15+,19+/m0/s1.